The Labute approximate surface area is 106 Å². The molecule has 0 spiro atoms. The molecule has 1 saturated heterocycles. The lowest BCUT2D eigenvalue weighted by molar-refractivity contribution is 0.00829. The fourth-order valence-electron chi connectivity index (χ4n) is 1.89. The molecule has 18 heavy (non-hydrogen) atoms. The van der Waals surface area contributed by atoms with Crippen LogP contribution in [-0.4, -0.2) is 26.1 Å². The summed E-state index contributed by atoms with van der Waals surface area (Å²) < 4.78 is 15.9. The van der Waals surface area contributed by atoms with Crippen molar-refractivity contribution in [3.05, 3.63) is 42.0 Å². The van der Waals surface area contributed by atoms with Crippen LogP contribution in [0.1, 0.15) is 5.56 Å². The molecule has 3 rings (SSSR count). The van der Waals surface area contributed by atoms with E-state index in [2.05, 4.69) is 31.2 Å². The quantitative estimate of drug-likeness (QED) is 0.460. The monoisotopic (exact) mass is 244 g/mol. The fraction of sp³-hybridized carbons (Fsp3) is 0.333. The molecule has 1 heterocycles. The molecule has 0 aromatic heterocycles. The highest BCUT2D eigenvalue weighted by atomic mass is 16.7. The van der Waals surface area contributed by atoms with Crippen molar-refractivity contribution >= 4 is 10.8 Å². The van der Waals surface area contributed by atoms with E-state index in [-0.39, 0.29) is 12.9 Å². The summed E-state index contributed by atoms with van der Waals surface area (Å²) in [6.45, 7) is 3.80. The van der Waals surface area contributed by atoms with Crippen molar-refractivity contribution < 1.29 is 14.2 Å². The summed E-state index contributed by atoms with van der Waals surface area (Å²) in [5, 5.41) is 2.42. The van der Waals surface area contributed by atoms with E-state index in [1.807, 2.05) is 12.1 Å². The topological polar surface area (TPSA) is 31.0 Å². The van der Waals surface area contributed by atoms with Crippen molar-refractivity contribution in [2.45, 2.75) is 13.0 Å². The molecule has 0 saturated carbocycles. The molecule has 1 aliphatic heterocycles. The highest BCUT2D eigenvalue weighted by Crippen LogP contribution is 2.22. The number of fused-ring (bicyclic) bond motifs is 1. The van der Waals surface area contributed by atoms with Gasteiger partial charge in [0.2, 0.25) is 0 Å². The van der Waals surface area contributed by atoms with Crippen LogP contribution in [0.25, 0.3) is 10.8 Å². The highest BCUT2D eigenvalue weighted by Gasteiger charge is 2.22. The van der Waals surface area contributed by atoms with E-state index in [0.29, 0.717) is 6.61 Å². The maximum Gasteiger partial charge on any atom is 0.189 e. The molecule has 1 unspecified atom stereocenters. The van der Waals surface area contributed by atoms with Crippen LogP contribution in [0.15, 0.2) is 36.4 Å². The van der Waals surface area contributed by atoms with Gasteiger partial charge in [0, 0.05) is 0 Å². The van der Waals surface area contributed by atoms with E-state index < -0.39 is 0 Å². The molecule has 0 amide bonds. The summed E-state index contributed by atoms with van der Waals surface area (Å²) >= 11 is 0. The van der Waals surface area contributed by atoms with Gasteiger partial charge in [-0.25, -0.2) is 0 Å². The van der Waals surface area contributed by atoms with Gasteiger partial charge in [0.15, 0.2) is 6.79 Å². The van der Waals surface area contributed by atoms with Crippen molar-refractivity contribution in [1.29, 1.82) is 0 Å². The van der Waals surface area contributed by atoms with Crippen molar-refractivity contribution in [1.82, 2.24) is 0 Å². The molecule has 3 heteroatoms. The SMILES string of the molecule is Cc1ccc2cc(OCOCC3CO3)ccc2c1. The summed E-state index contributed by atoms with van der Waals surface area (Å²) in [5.41, 5.74) is 1.27. The Hall–Kier alpha value is -1.58. The molecule has 0 radical (unpaired) electrons. The van der Waals surface area contributed by atoms with Crippen LogP contribution in [0.5, 0.6) is 5.75 Å². The lowest BCUT2D eigenvalue weighted by Crippen LogP contribution is -2.07. The first-order valence-corrected chi connectivity index (χ1v) is 6.14. The van der Waals surface area contributed by atoms with Crippen LogP contribution < -0.4 is 4.74 Å². The van der Waals surface area contributed by atoms with Crippen LogP contribution in [-0.2, 0) is 9.47 Å². The largest absolute Gasteiger partial charge is 0.468 e. The summed E-state index contributed by atoms with van der Waals surface area (Å²) in [6, 6.07) is 12.5. The van der Waals surface area contributed by atoms with E-state index in [1.165, 1.54) is 16.3 Å². The normalized spacial score (nSPS) is 17.9. The summed E-state index contributed by atoms with van der Waals surface area (Å²) in [6.07, 6.45) is 0.285. The Bertz CT molecular complexity index is 546. The van der Waals surface area contributed by atoms with Gasteiger partial charge in [-0.05, 0) is 29.8 Å². The minimum atomic E-state index is 0.275. The Morgan fingerprint density at radius 2 is 1.94 bits per heavy atom. The molecule has 0 N–H and O–H groups in total. The number of benzene rings is 2. The number of hydrogen-bond donors (Lipinski definition) is 0. The zero-order valence-corrected chi connectivity index (χ0v) is 10.4. The van der Waals surface area contributed by atoms with Crippen LogP contribution in [0.2, 0.25) is 0 Å². The first kappa shape index (κ1) is 11.5. The first-order chi connectivity index (χ1) is 8.81. The van der Waals surface area contributed by atoms with Crippen LogP contribution in [0.4, 0.5) is 0 Å². The smallest absolute Gasteiger partial charge is 0.189 e. The van der Waals surface area contributed by atoms with Crippen molar-refractivity contribution in [2.75, 3.05) is 20.0 Å². The van der Waals surface area contributed by atoms with E-state index >= 15 is 0 Å². The molecule has 1 atom stereocenters. The Morgan fingerprint density at radius 3 is 2.78 bits per heavy atom. The third kappa shape index (κ3) is 2.81. The van der Waals surface area contributed by atoms with Gasteiger partial charge in [-0.2, -0.15) is 0 Å². The van der Waals surface area contributed by atoms with Gasteiger partial charge in [-0.1, -0.05) is 29.8 Å². The number of hydrogen-bond acceptors (Lipinski definition) is 3. The molecule has 0 aliphatic carbocycles. The molecule has 94 valence electrons. The third-order valence-corrected chi connectivity index (χ3v) is 2.98. The zero-order chi connectivity index (χ0) is 12.4. The zero-order valence-electron chi connectivity index (χ0n) is 10.4. The van der Waals surface area contributed by atoms with Crippen LogP contribution in [0, 0.1) is 6.92 Å². The average molecular weight is 244 g/mol. The van der Waals surface area contributed by atoms with Gasteiger partial charge in [-0.15, -0.1) is 0 Å². The second-order valence-electron chi connectivity index (χ2n) is 4.60. The third-order valence-electron chi connectivity index (χ3n) is 2.98. The summed E-state index contributed by atoms with van der Waals surface area (Å²) in [5.74, 6) is 0.836. The van der Waals surface area contributed by atoms with Gasteiger partial charge >= 0.3 is 0 Å². The lowest BCUT2D eigenvalue weighted by atomic mass is 10.1. The molecule has 1 fully saturated rings. The van der Waals surface area contributed by atoms with Gasteiger partial charge in [-0.3, -0.25) is 0 Å². The minimum absolute atomic E-state index is 0.275. The standard InChI is InChI=1S/C15H16O3/c1-11-2-3-13-7-14(5-4-12(13)6-11)18-10-16-8-15-9-17-15/h2-7,15H,8-10H2,1H3. The van der Waals surface area contributed by atoms with E-state index in [0.717, 1.165) is 12.4 Å². The first-order valence-electron chi connectivity index (χ1n) is 6.14. The number of rotatable bonds is 5. The average Bonchev–Trinajstić information content (AvgIpc) is 3.19. The summed E-state index contributed by atoms with van der Waals surface area (Å²) in [7, 11) is 0. The predicted molar refractivity (Wildman–Crippen MR) is 69.9 cm³/mol. The van der Waals surface area contributed by atoms with Gasteiger partial charge in [0.25, 0.3) is 0 Å². The number of aryl methyl sites for hydroxylation is 1. The minimum Gasteiger partial charge on any atom is -0.468 e. The second-order valence-corrected chi connectivity index (χ2v) is 4.60. The number of epoxide rings is 1. The maximum atomic E-state index is 5.54. The maximum absolute atomic E-state index is 5.54. The van der Waals surface area contributed by atoms with Crippen LogP contribution in [0.3, 0.4) is 0 Å². The van der Waals surface area contributed by atoms with E-state index in [1.54, 1.807) is 0 Å². The van der Waals surface area contributed by atoms with E-state index in [9.17, 15) is 0 Å². The van der Waals surface area contributed by atoms with Crippen LogP contribution >= 0.6 is 0 Å². The summed E-state index contributed by atoms with van der Waals surface area (Å²) in [4.78, 5) is 0. The fourth-order valence-corrected chi connectivity index (χ4v) is 1.89. The second kappa shape index (κ2) is 4.96. The lowest BCUT2D eigenvalue weighted by Gasteiger charge is -2.07. The van der Waals surface area contributed by atoms with Gasteiger partial charge in [0.1, 0.15) is 11.9 Å². The molecule has 2 aromatic rings. The molecule has 2 aromatic carbocycles. The van der Waals surface area contributed by atoms with Gasteiger partial charge in [0.05, 0.1) is 13.2 Å². The number of ether oxygens (including phenoxy) is 3. The molecular weight excluding hydrogens is 228 g/mol. The highest BCUT2D eigenvalue weighted by molar-refractivity contribution is 5.84. The molecule has 1 aliphatic rings. The Kier molecular flexibility index (Phi) is 3.17. The van der Waals surface area contributed by atoms with E-state index in [4.69, 9.17) is 14.2 Å². The van der Waals surface area contributed by atoms with Crippen molar-refractivity contribution in [3.63, 3.8) is 0 Å². The Morgan fingerprint density at radius 1 is 1.17 bits per heavy atom. The van der Waals surface area contributed by atoms with Crippen molar-refractivity contribution in [3.8, 4) is 5.75 Å². The van der Waals surface area contributed by atoms with Gasteiger partial charge < -0.3 is 14.2 Å². The van der Waals surface area contributed by atoms with Crippen molar-refractivity contribution in [2.24, 2.45) is 0 Å². The molecular formula is C15H16O3. The Balaban J connectivity index is 1.62. The molecule has 3 nitrogen and oxygen atoms in total. The predicted octanol–water partition coefficient (Wildman–Crippen LogP) is 2.90. The molecule has 0 bridgehead atoms.